The summed E-state index contributed by atoms with van der Waals surface area (Å²) in [5, 5.41) is 2.84. The molecule has 0 atom stereocenters. The van der Waals surface area contributed by atoms with E-state index in [1.807, 2.05) is 29.6 Å². The first-order valence-corrected chi connectivity index (χ1v) is 6.11. The van der Waals surface area contributed by atoms with Crippen LogP contribution in [0.25, 0.3) is 11.3 Å². The zero-order chi connectivity index (χ0) is 10.7. The third kappa shape index (κ3) is 2.52. The van der Waals surface area contributed by atoms with Gasteiger partial charge in [0.15, 0.2) is 0 Å². The Morgan fingerprint density at radius 3 is 2.73 bits per heavy atom. The number of halogens is 1. The highest BCUT2D eigenvalue weighted by molar-refractivity contribution is 9.10. The molecule has 2 aromatic rings. The minimum Gasteiger partial charge on any atom is -0.303 e. The fourth-order valence-corrected chi connectivity index (χ4v) is 2.25. The first-order valence-electron chi connectivity index (χ1n) is 4.43. The maximum absolute atomic E-state index is 10.3. The molecule has 0 saturated carbocycles. The Morgan fingerprint density at radius 1 is 1.33 bits per heavy atom. The predicted octanol–water partition coefficient (Wildman–Crippen LogP) is 3.31. The highest BCUT2D eigenvalue weighted by atomic mass is 79.9. The van der Waals surface area contributed by atoms with Crippen LogP contribution in [0.1, 0.15) is 5.01 Å². The number of aromatic nitrogens is 1. The molecule has 0 amide bonds. The first-order chi connectivity index (χ1) is 7.29. The summed E-state index contributed by atoms with van der Waals surface area (Å²) in [6.07, 6.45) is 1.28. The average molecular weight is 282 g/mol. The van der Waals surface area contributed by atoms with Gasteiger partial charge in [0, 0.05) is 15.4 Å². The maximum atomic E-state index is 10.3. The molecule has 0 radical (unpaired) electrons. The summed E-state index contributed by atoms with van der Waals surface area (Å²) < 4.78 is 1.05. The molecule has 1 aromatic carbocycles. The molecule has 0 bridgehead atoms. The molecular formula is C11H8BrNOS. The molecule has 15 heavy (non-hydrogen) atoms. The minimum absolute atomic E-state index is 0.404. The van der Waals surface area contributed by atoms with Gasteiger partial charge in [0.05, 0.1) is 12.1 Å². The molecule has 0 aliphatic heterocycles. The molecule has 4 heteroatoms. The average Bonchev–Trinajstić information content (AvgIpc) is 2.68. The van der Waals surface area contributed by atoms with Gasteiger partial charge in [0.2, 0.25) is 0 Å². The molecule has 0 aliphatic carbocycles. The van der Waals surface area contributed by atoms with Crippen molar-refractivity contribution >= 4 is 33.6 Å². The van der Waals surface area contributed by atoms with Gasteiger partial charge in [0.25, 0.3) is 0 Å². The molecule has 0 spiro atoms. The second-order valence-corrected chi connectivity index (χ2v) is 4.86. The van der Waals surface area contributed by atoms with E-state index in [1.165, 1.54) is 11.3 Å². The lowest BCUT2D eigenvalue weighted by atomic mass is 10.2. The van der Waals surface area contributed by atoms with Crippen molar-refractivity contribution in [2.24, 2.45) is 0 Å². The topological polar surface area (TPSA) is 30.0 Å². The fourth-order valence-electron chi connectivity index (χ4n) is 1.23. The third-order valence-corrected chi connectivity index (χ3v) is 3.35. The Hall–Kier alpha value is -1.00. The molecule has 0 unspecified atom stereocenters. The molecule has 1 aromatic heterocycles. The van der Waals surface area contributed by atoms with E-state index in [9.17, 15) is 4.79 Å². The van der Waals surface area contributed by atoms with Crippen LogP contribution in [0.5, 0.6) is 0 Å². The maximum Gasteiger partial charge on any atom is 0.126 e. The summed E-state index contributed by atoms with van der Waals surface area (Å²) in [5.74, 6) is 0. The lowest BCUT2D eigenvalue weighted by molar-refractivity contribution is -0.107. The van der Waals surface area contributed by atoms with Crippen molar-refractivity contribution in [3.63, 3.8) is 0 Å². The quantitative estimate of drug-likeness (QED) is 0.808. The number of thiazole rings is 1. The van der Waals surface area contributed by atoms with Crippen LogP contribution in [0.2, 0.25) is 0 Å². The largest absolute Gasteiger partial charge is 0.303 e. The van der Waals surface area contributed by atoms with Gasteiger partial charge in [-0.2, -0.15) is 0 Å². The van der Waals surface area contributed by atoms with E-state index in [2.05, 4.69) is 20.9 Å². The Labute approximate surface area is 100 Å². The Balaban J connectivity index is 2.28. The highest BCUT2D eigenvalue weighted by Crippen LogP contribution is 2.23. The van der Waals surface area contributed by atoms with Gasteiger partial charge < -0.3 is 4.79 Å². The molecule has 2 rings (SSSR count). The van der Waals surface area contributed by atoms with Crippen molar-refractivity contribution in [3.8, 4) is 11.3 Å². The van der Waals surface area contributed by atoms with Gasteiger partial charge in [-0.3, -0.25) is 0 Å². The lowest BCUT2D eigenvalue weighted by Crippen LogP contribution is -1.84. The van der Waals surface area contributed by atoms with Crippen LogP contribution >= 0.6 is 27.3 Å². The smallest absolute Gasteiger partial charge is 0.126 e. The summed E-state index contributed by atoms with van der Waals surface area (Å²) in [6, 6.07) is 7.97. The zero-order valence-electron chi connectivity index (χ0n) is 7.81. The number of carbonyl (C=O) groups excluding carboxylic acids is 1. The monoisotopic (exact) mass is 281 g/mol. The second kappa shape index (κ2) is 4.68. The highest BCUT2D eigenvalue weighted by Gasteiger charge is 2.03. The summed E-state index contributed by atoms with van der Waals surface area (Å²) in [6.45, 7) is 0. The Bertz CT molecular complexity index is 464. The normalized spacial score (nSPS) is 10.2. The van der Waals surface area contributed by atoms with Crippen molar-refractivity contribution in [3.05, 3.63) is 39.1 Å². The van der Waals surface area contributed by atoms with Crippen LogP contribution < -0.4 is 0 Å². The zero-order valence-corrected chi connectivity index (χ0v) is 10.2. The van der Waals surface area contributed by atoms with E-state index in [4.69, 9.17) is 0 Å². The van der Waals surface area contributed by atoms with Crippen molar-refractivity contribution in [1.82, 2.24) is 4.98 Å². The summed E-state index contributed by atoms with van der Waals surface area (Å²) in [4.78, 5) is 14.7. The van der Waals surface area contributed by atoms with Gasteiger partial charge >= 0.3 is 0 Å². The van der Waals surface area contributed by atoms with Crippen LogP contribution in [0, 0.1) is 0 Å². The summed E-state index contributed by atoms with van der Waals surface area (Å²) >= 11 is 4.90. The molecule has 0 aliphatic rings. The third-order valence-electron chi connectivity index (χ3n) is 1.95. The molecular weight excluding hydrogens is 274 g/mol. The van der Waals surface area contributed by atoms with E-state index in [0.717, 1.165) is 27.0 Å². The number of rotatable bonds is 3. The standard InChI is InChI=1S/C11H8BrNOS/c12-9-3-1-8(2-4-9)10-7-15-11(13-10)5-6-14/h1-4,6-7H,5H2. The minimum atomic E-state index is 0.404. The van der Waals surface area contributed by atoms with Gasteiger partial charge in [-0.05, 0) is 12.1 Å². The molecule has 1 heterocycles. The first kappa shape index (κ1) is 10.5. The van der Waals surface area contributed by atoms with E-state index < -0.39 is 0 Å². The Morgan fingerprint density at radius 2 is 2.07 bits per heavy atom. The molecule has 0 fully saturated rings. The number of aldehydes is 1. The Kier molecular flexibility index (Phi) is 3.28. The summed E-state index contributed by atoms with van der Waals surface area (Å²) in [7, 11) is 0. The second-order valence-electron chi connectivity index (χ2n) is 3.00. The SMILES string of the molecule is O=CCc1nc(-c2ccc(Br)cc2)cs1. The lowest BCUT2D eigenvalue weighted by Gasteiger charge is -1.95. The summed E-state index contributed by atoms with van der Waals surface area (Å²) in [5.41, 5.74) is 2.01. The van der Waals surface area contributed by atoms with Gasteiger partial charge in [0.1, 0.15) is 11.3 Å². The van der Waals surface area contributed by atoms with Crippen LogP contribution in [-0.2, 0) is 11.2 Å². The number of nitrogens with zero attached hydrogens (tertiary/aromatic N) is 1. The van der Waals surface area contributed by atoms with Gasteiger partial charge in [-0.15, -0.1) is 11.3 Å². The number of hydrogen-bond donors (Lipinski definition) is 0. The fraction of sp³-hybridized carbons (Fsp3) is 0.0909. The van der Waals surface area contributed by atoms with Crippen molar-refractivity contribution in [1.29, 1.82) is 0 Å². The van der Waals surface area contributed by atoms with Gasteiger partial charge in [-0.1, -0.05) is 28.1 Å². The van der Waals surface area contributed by atoms with Crippen LogP contribution in [0.3, 0.4) is 0 Å². The van der Waals surface area contributed by atoms with Crippen molar-refractivity contribution in [2.45, 2.75) is 6.42 Å². The van der Waals surface area contributed by atoms with Crippen LogP contribution in [0.15, 0.2) is 34.1 Å². The van der Waals surface area contributed by atoms with Crippen molar-refractivity contribution < 1.29 is 4.79 Å². The predicted molar refractivity (Wildman–Crippen MR) is 65.0 cm³/mol. The number of benzene rings is 1. The van der Waals surface area contributed by atoms with Crippen molar-refractivity contribution in [2.75, 3.05) is 0 Å². The molecule has 0 N–H and O–H groups in total. The van der Waals surface area contributed by atoms with E-state index in [1.54, 1.807) is 0 Å². The number of hydrogen-bond acceptors (Lipinski definition) is 3. The van der Waals surface area contributed by atoms with E-state index >= 15 is 0 Å². The van der Waals surface area contributed by atoms with E-state index in [-0.39, 0.29) is 0 Å². The van der Waals surface area contributed by atoms with E-state index in [0.29, 0.717) is 6.42 Å². The van der Waals surface area contributed by atoms with Gasteiger partial charge in [-0.25, -0.2) is 4.98 Å². The van der Waals surface area contributed by atoms with Crippen LogP contribution in [-0.4, -0.2) is 11.3 Å². The molecule has 76 valence electrons. The van der Waals surface area contributed by atoms with Crippen LogP contribution in [0.4, 0.5) is 0 Å². The molecule has 2 nitrogen and oxygen atoms in total. The number of carbonyl (C=O) groups is 1. The molecule has 0 saturated heterocycles.